The van der Waals surface area contributed by atoms with Crippen LogP contribution >= 0.6 is 12.2 Å². The van der Waals surface area contributed by atoms with Gasteiger partial charge in [0.1, 0.15) is 17.1 Å². The highest BCUT2D eigenvalue weighted by Crippen LogP contribution is 2.21. The van der Waals surface area contributed by atoms with Gasteiger partial charge in [0.25, 0.3) is 5.91 Å². The lowest BCUT2D eigenvalue weighted by molar-refractivity contribution is 0.0772. The number of aromatic hydroxyl groups is 1. The van der Waals surface area contributed by atoms with Crippen molar-refractivity contribution in [2.24, 2.45) is 5.73 Å². The van der Waals surface area contributed by atoms with Gasteiger partial charge in [-0.2, -0.15) is 0 Å². The largest absolute Gasteiger partial charge is 0.507 e. The summed E-state index contributed by atoms with van der Waals surface area (Å²) in [4.78, 5) is 13.6. The molecule has 0 saturated heterocycles. The lowest BCUT2D eigenvalue weighted by atomic mass is 10.1. The molecule has 1 aromatic rings. The second kappa shape index (κ2) is 6.30. The van der Waals surface area contributed by atoms with Crippen LogP contribution in [0, 0.1) is 5.82 Å². The SMILES string of the molecule is CCCN(CC(N)=S)C(=O)c1c(O)cccc1F. The predicted molar refractivity (Wildman–Crippen MR) is 71.0 cm³/mol. The van der Waals surface area contributed by atoms with E-state index in [0.29, 0.717) is 13.0 Å². The molecule has 0 saturated carbocycles. The average molecular weight is 270 g/mol. The number of carbonyl (C=O) groups is 1. The molecule has 0 atom stereocenters. The Kier molecular flexibility index (Phi) is 5.03. The lowest BCUT2D eigenvalue weighted by Crippen LogP contribution is -2.38. The van der Waals surface area contributed by atoms with Gasteiger partial charge in [-0.15, -0.1) is 0 Å². The van der Waals surface area contributed by atoms with Crippen molar-refractivity contribution in [3.05, 3.63) is 29.6 Å². The molecule has 0 unspecified atom stereocenters. The summed E-state index contributed by atoms with van der Waals surface area (Å²) in [7, 11) is 0. The first-order valence-corrected chi connectivity index (χ1v) is 5.93. The molecular weight excluding hydrogens is 255 g/mol. The fraction of sp³-hybridized carbons (Fsp3) is 0.333. The fourth-order valence-corrected chi connectivity index (χ4v) is 1.75. The maximum absolute atomic E-state index is 13.6. The molecule has 1 rings (SSSR count). The van der Waals surface area contributed by atoms with Crippen molar-refractivity contribution in [2.75, 3.05) is 13.1 Å². The minimum absolute atomic E-state index is 0.0653. The van der Waals surface area contributed by atoms with E-state index in [4.69, 9.17) is 18.0 Å². The molecular formula is C12H15FN2O2S. The molecule has 0 heterocycles. The molecule has 1 amide bonds. The zero-order valence-corrected chi connectivity index (χ0v) is 10.8. The summed E-state index contributed by atoms with van der Waals surface area (Å²) in [5.74, 6) is -1.76. The second-order valence-electron chi connectivity index (χ2n) is 3.83. The van der Waals surface area contributed by atoms with Crippen LogP contribution in [-0.2, 0) is 0 Å². The molecule has 0 fully saturated rings. The average Bonchev–Trinajstić information content (AvgIpc) is 2.27. The van der Waals surface area contributed by atoms with E-state index in [1.54, 1.807) is 0 Å². The first-order valence-electron chi connectivity index (χ1n) is 5.52. The van der Waals surface area contributed by atoms with Crippen LogP contribution in [0.25, 0.3) is 0 Å². The summed E-state index contributed by atoms with van der Waals surface area (Å²) >= 11 is 4.75. The first kappa shape index (κ1) is 14.4. The van der Waals surface area contributed by atoms with Gasteiger partial charge >= 0.3 is 0 Å². The van der Waals surface area contributed by atoms with Gasteiger partial charge in [-0.25, -0.2) is 4.39 Å². The van der Waals surface area contributed by atoms with Crippen molar-refractivity contribution in [2.45, 2.75) is 13.3 Å². The molecule has 6 heteroatoms. The molecule has 0 bridgehead atoms. The van der Waals surface area contributed by atoms with E-state index in [1.807, 2.05) is 6.92 Å². The number of amides is 1. The number of carbonyl (C=O) groups excluding carboxylic acids is 1. The Bertz CT molecular complexity index is 445. The maximum atomic E-state index is 13.6. The van der Waals surface area contributed by atoms with Gasteiger partial charge in [0.15, 0.2) is 0 Å². The van der Waals surface area contributed by atoms with E-state index in [-0.39, 0.29) is 22.8 Å². The van der Waals surface area contributed by atoms with Gasteiger partial charge in [-0.1, -0.05) is 25.2 Å². The quantitative estimate of drug-likeness (QED) is 0.799. The molecule has 4 nitrogen and oxygen atoms in total. The lowest BCUT2D eigenvalue weighted by Gasteiger charge is -2.22. The number of phenols is 1. The molecule has 0 radical (unpaired) electrons. The van der Waals surface area contributed by atoms with Gasteiger partial charge < -0.3 is 15.7 Å². The third kappa shape index (κ3) is 3.40. The van der Waals surface area contributed by atoms with Crippen molar-refractivity contribution in [1.82, 2.24) is 4.90 Å². The normalized spacial score (nSPS) is 10.1. The van der Waals surface area contributed by atoms with Crippen LogP contribution in [0.2, 0.25) is 0 Å². The summed E-state index contributed by atoms with van der Waals surface area (Å²) < 4.78 is 13.6. The van der Waals surface area contributed by atoms with E-state index in [1.165, 1.54) is 17.0 Å². The van der Waals surface area contributed by atoms with Gasteiger partial charge in [-0.05, 0) is 18.6 Å². The van der Waals surface area contributed by atoms with Gasteiger partial charge in [0.2, 0.25) is 0 Å². The fourth-order valence-electron chi connectivity index (χ4n) is 1.59. The van der Waals surface area contributed by atoms with Gasteiger partial charge in [0.05, 0.1) is 11.5 Å². The monoisotopic (exact) mass is 270 g/mol. The Morgan fingerprint density at radius 2 is 2.22 bits per heavy atom. The number of nitrogens with two attached hydrogens (primary N) is 1. The van der Waals surface area contributed by atoms with Crippen molar-refractivity contribution in [3.8, 4) is 5.75 Å². The predicted octanol–water partition coefficient (Wildman–Crippen LogP) is 1.67. The summed E-state index contributed by atoms with van der Waals surface area (Å²) in [5, 5.41) is 9.56. The molecule has 0 aliphatic rings. The maximum Gasteiger partial charge on any atom is 0.260 e. The van der Waals surface area contributed by atoms with Crippen LogP contribution in [0.1, 0.15) is 23.7 Å². The van der Waals surface area contributed by atoms with Crippen LogP contribution in [0.3, 0.4) is 0 Å². The Morgan fingerprint density at radius 3 is 2.72 bits per heavy atom. The zero-order valence-electron chi connectivity index (χ0n) is 10.0. The van der Waals surface area contributed by atoms with E-state index in [0.717, 1.165) is 6.07 Å². The zero-order chi connectivity index (χ0) is 13.7. The standard InChI is InChI=1S/C12H15FN2O2S/c1-2-6-15(7-10(14)18)12(17)11-8(13)4-3-5-9(11)16/h3-5,16H,2,6-7H2,1H3,(H2,14,18). The summed E-state index contributed by atoms with van der Waals surface area (Å²) in [6.45, 7) is 2.33. The topological polar surface area (TPSA) is 66.6 Å². The molecule has 18 heavy (non-hydrogen) atoms. The molecule has 0 aliphatic heterocycles. The van der Waals surface area contributed by atoms with E-state index in [9.17, 15) is 14.3 Å². The summed E-state index contributed by atoms with van der Waals surface area (Å²) in [6, 6.07) is 3.72. The number of hydrogen-bond donors (Lipinski definition) is 2. The molecule has 0 aromatic heterocycles. The summed E-state index contributed by atoms with van der Waals surface area (Å²) in [6.07, 6.45) is 0.684. The Morgan fingerprint density at radius 1 is 1.56 bits per heavy atom. The van der Waals surface area contributed by atoms with Gasteiger partial charge in [0, 0.05) is 6.54 Å². The smallest absolute Gasteiger partial charge is 0.260 e. The minimum atomic E-state index is -0.760. The number of phenolic OH excluding ortho intramolecular Hbond substituents is 1. The van der Waals surface area contributed by atoms with Crippen LogP contribution in [-0.4, -0.2) is 34.0 Å². The van der Waals surface area contributed by atoms with Crippen LogP contribution in [0.5, 0.6) is 5.75 Å². The van der Waals surface area contributed by atoms with Gasteiger partial charge in [-0.3, -0.25) is 4.79 Å². The van der Waals surface area contributed by atoms with Crippen LogP contribution < -0.4 is 5.73 Å². The van der Waals surface area contributed by atoms with E-state index in [2.05, 4.69) is 0 Å². The highest BCUT2D eigenvalue weighted by molar-refractivity contribution is 7.80. The van der Waals surface area contributed by atoms with Crippen molar-refractivity contribution in [1.29, 1.82) is 0 Å². The molecule has 98 valence electrons. The molecule has 0 spiro atoms. The first-order chi connectivity index (χ1) is 8.47. The highest BCUT2D eigenvalue weighted by Gasteiger charge is 2.22. The Balaban J connectivity index is 3.05. The summed E-state index contributed by atoms with van der Waals surface area (Å²) in [5.41, 5.74) is 5.05. The Labute approximate surface area is 110 Å². The van der Waals surface area contributed by atoms with Crippen molar-refractivity contribution < 1.29 is 14.3 Å². The van der Waals surface area contributed by atoms with Crippen molar-refractivity contribution >= 4 is 23.1 Å². The van der Waals surface area contributed by atoms with Crippen LogP contribution in [0.4, 0.5) is 4.39 Å². The number of rotatable bonds is 5. The molecule has 3 N–H and O–H groups in total. The number of halogens is 1. The number of benzene rings is 1. The van der Waals surface area contributed by atoms with E-state index >= 15 is 0 Å². The number of nitrogens with zero attached hydrogens (tertiary/aromatic N) is 1. The van der Waals surface area contributed by atoms with E-state index < -0.39 is 11.7 Å². The highest BCUT2D eigenvalue weighted by atomic mass is 32.1. The molecule has 1 aromatic carbocycles. The van der Waals surface area contributed by atoms with Crippen molar-refractivity contribution in [3.63, 3.8) is 0 Å². The number of hydrogen-bond acceptors (Lipinski definition) is 3. The third-order valence-electron chi connectivity index (χ3n) is 2.33. The number of thiocarbonyl (C=S) groups is 1. The van der Waals surface area contributed by atoms with Crippen LogP contribution in [0.15, 0.2) is 18.2 Å². The minimum Gasteiger partial charge on any atom is -0.507 e. The third-order valence-corrected chi connectivity index (χ3v) is 2.46. The molecule has 0 aliphatic carbocycles. The Hall–Kier alpha value is -1.69. The second-order valence-corrected chi connectivity index (χ2v) is 4.35.